The van der Waals surface area contributed by atoms with E-state index >= 15 is 0 Å². The van der Waals surface area contributed by atoms with E-state index in [0.717, 1.165) is 0 Å². The molecule has 9 nitrogen and oxygen atoms in total. The molecule has 2 aliphatic rings. The van der Waals surface area contributed by atoms with E-state index in [1.165, 1.54) is 30.2 Å². The molecule has 1 atom stereocenters. The highest BCUT2D eigenvalue weighted by Crippen LogP contribution is 2.31. The molecule has 0 aliphatic carbocycles. The van der Waals surface area contributed by atoms with Crippen LogP contribution in [0.15, 0.2) is 23.1 Å². The molecule has 25 heavy (non-hydrogen) atoms. The molecule has 1 aromatic rings. The van der Waals surface area contributed by atoms with Crippen molar-refractivity contribution >= 4 is 22.0 Å². The van der Waals surface area contributed by atoms with Gasteiger partial charge in [0.05, 0.1) is 30.7 Å². The number of nitrogens with one attached hydrogen (secondary N) is 1. The smallest absolute Gasteiger partial charge is 0.407 e. The van der Waals surface area contributed by atoms with E-state index in [0.29, 0.717) is 25.9 Å². The van der Waals surface area contributed by atoms with Gasteiger partial charge in [-0.3, -0.25) is 4.79 Å². The lowest BCUT2D eigenvalue weighted by Gasteiger charge is -2.38. The number of hydrogen-bond acceptors (Lipinski definition) is 6. The number of benzene rings is 1. The summed E-state index contributed by atoms with van der Waals surface area (Å²) in [7, 11) is -2.56. The van der Waals surface area contributed by atoms with Crippen LogP contribution in [0.5, 0.6) is 5.75 Å². The van der Waals surface area contributed by atoms with Gasteiger partial charge in [0, 0.05) is 6.54 Å². The fourth-order valence-electron chi connectivity index (χ4n) is 3.20. The molecule has 1 aromatic carbocycles. The number of nitrogens with zero attached hydrogens (tertiary/aromatic N) is 1. The SMILES string of the molecule is COc1ccc(S(N)(=O)=O)cc1C(=O)N1CCC[C@]2(CNC(=O)O2)C1. The number of methoxy groups -OCH3 is 1. The van der Waals surface area contributed by atoms with Crippen LogP contribution in [0.3, 0.4) is 0 Å². The number of nitrogens with two attached hydrogens (primary N) is 1. The van der Waals surface area contributed by atoms with Crippen molar-refractivity contribution in [1.82, 2.24) is 10.2 Å². The molecule has 0 radical (unpaired) electrons. The van der Waals surface area contributed by atoms with Crippen LogP contribution in [-0.4, -0.2) is 57.7 Å². The maximum atomic E-state index is 12.9. The van der Waals surface area contributed by atoms with E-state index in [4.69, 9.17) is 14.6 Å². The van der Waals surface area contributed by atoms with Crippen LogP contribution < -0.4 is 15.2 Å². The Bertz CT molecular complexity index is 825. The highest BCUT2D eigenvalue weighted by atomic mass is 32.2. The summed E-state index contributed by atoms with van der Waals surface area (Å²) in [5, 5.41) is 7.76. The van der Waals surface area contributed by atoms with Crippen LogP contribution in [0.1, 0.15) is 23.2 Å². The summed E-state index contributed by atoms with van der Waals surface area (Å²) in [5.41, 5.74) is -0.640. The molecule has 0 unspecified atom stereocenters. The molecule has 0 saturated carbocycles. The zero-order valence-corrected chi connectivity index (χ0v) is 14.5. The van der Waals surface area contributed by atoms with Crippen molar-refractivity contribution in [3.05, 3.63) is 23.8 Å². The Morgan fingerprint density at radius 1 is 1.44 bits per heavy atom. The van der Waals surface area contributed by atoms with Gasteiger partial charge in [-0.1, -0.05) is 0 Å². The Morgan fingerprint density at radius 3 is 2.80 bits per heavy atom. The fourth-order valence-corrected chi connectivity index (χ4v) is 3.74. The van der Waals surface area contributed by atoms with Gasteiger partial charge in [0.1, 0.15) is 11.4 Å². The first-order chi connectivity index (χ1) is 11.7. The van der Waals surface area contributed by atoms with E-state index in [1.807, 2.05) is 0 Å². The molecule has 0 bridgehead atoms. The summed E-state index contributed by atoms with van der Waals surface area (Å²) >= 11 is 0. The third-order valence-electron chi connectivity index (χ3n) is 4.42. The lowest BCUT2D eigenvalue weighted by molar-refractivity contribution is -0.00515. The van der Waals surface area contributed by atoms with Gasteiger partial charge in [-0.2, -0.15) is 0 Å². The van der Waals surface area contributed by atoms with Gasteiger partial charge in [-0.25, -0.2) is 18.4 Å². The zero-order chi connectivity index (χ0) is 18.2. The maximum Gasteiger partial charge on any atom is 0.407 e. The topological polar surface area (TPSA) is 128 Å². The Morgan fingerprint density at radius 2 is 2.20 bits per heavy atom. The van der Waals surface area contributed by atoms with Crippen LogP contribution in [0.2, 0.25) is 0 Å². The minimum Gasteiger partial charge on any atom is -0.496 e. The normalized spacial score (nSPS) is 23.3. The van der Waals surface area contributed by atoms with Gasteiger partial charge in [0.15, 0.2) is 0 Å². The first-order valence-electron chi connectivity index (χ1n) is 7.71. The number of amides is 2. The Balaban J connectivity index is 1.91. The number of piperidine rings is 1. The molecule has 2 fully saturated rings. The van der Waals surface area contributed by atoms with Crippen molar-refractivity contribution in [2.75, 3.05) is 26.7 Å². The number of ether oxygens (including phenoxy) is 2. The van der Waals surface area contributed by atoms with Gasteiger partial charge in [-0.15, -0.1) is 0 Å². The van der Waals surface area contributed by atoms with Gasteiger partial charge >= 0.3 is 6.09 Å². The number of sulfonamides is 1. The van der Waals surface area contributed by atoms with Crippen LogP contribution in [0.25, 0.3) is 0 Å². The summed E-state index contributed by atoms with van der Waals surface area (Å²) in [6.07, 6.45) is 0.824. The third-order valence-corrected chi connectivity index (χ3v) is 5.33. The molecule has 2 saturated heterocycles. The zero-order valence-electron chi connectivity index (χ0n) is 13.6. The first-order valence-corrected chi connectivity index (χ1v) is 9.26. The lowest BCUT2D eigenvalue weighted by atomic mass is 9.92. The monoisotopic (exact) mass is 369 g/mol. The molecule has 10 heteroatoms. The van der Waals surface area contributed by atoms with Crippen molar-refractivity contribution in [3.63, 3.8) is 0 Å². The number of alkyl carbamates (subject to hydrolysis) is 1. The predicted octanol–water partition coefficient (Wildman–Crippen LogP) is 0.0572. The van der Waals surface area contributed by atoms with Crippen molar-refractivity contribution < 1.29 is 27.5 Å². The summed E-state index contributed by atoms with van der Waals surface area (Å²) in [6.45, 7) is 1.04. The minimum atomic E-state index is -3.95. The number of carbonyl (C=O) groups excluding carboxylic acids is 2. The molecule has 136 valence electrons. The number of primary sulfonamides is 1. The minimum absolute atomic E-state index is 0.100. The molecule has 3 rings (SSSR count). The van der Waals surface area contributed by atoms with Crippen molar-refractivity contribution in [3.8, 4) is 5.75 Å². The van der Waals surface area contributed by atoms with E-state index in [1.54, 1.807) is 0 Å². The highest BCUT2D eigenvalue weighted by Gasteiger charge is 2.45. The number of rotatable bonds is 3. The summed E-state index contributed by atoms with van der Waals surface area (Å²) < 4.78 is 33.7. The largest absolute Gasteiger partial charge is 0.496 e. The van der Waals surface area contributed by atoms with Crippen LogP contribution in [0.4, 0.5) is 4.79 Å². The Kier molecular flexibility index (Phi) is 4.33. The van der Waals surface area contributed by atoms with Crippen LogP contribution >= 0.6 is 0 Å². The number of hydrogen-bond donors (Lipinski definition) is 2. The van der Waals surface area contributed by atoms with Gasteiger partial charge in [0.2, 0.25) is 10.0 Å². The Labute approximate surface area is 145 Å². The molecule has 2 heterocycles. The molecule has 2 aliphatic heterocycles. The van der Waals surface area contributed by atoms with E-state index in [2.05, 4.69) is 5.32 Å². The molecular weight excluding hydrogens is 350 g/mol. The average Bonchev–Trinajstić information content (AvgIpc) is 2.92. The maximum absolute atomic E-state index is 12.9. The second-order valence-electron chi connectivity index (χ2n) is 6.16. The van der Waals surface area contributed by atoms with Gasteiger partial charge < -0.3 is 19.7 Å². The molecular formula is C15H19N3O6S. The first kappa shape index (κ1) is 17.5. The standard InChI is InChI=1S/C15H19N3O6S/c1-23-12-4-3-10(25(16,21)22)7-11(12)13(19)18-6-2-5-15(9-18)8-17-14(20)24-15/h3-4,7H,2,5-6,8-9H2,1H3,(H,17,20)(H2,16,21,22)/t15-/m0/s1. The van der Waals surface area contributed by atoms with Crippen molar-refractivity contribution in [2.24, 2.45) is 5.14 Å². The molecule has 2 amide bonds. The second kappa shape index (κ2) is 6.19. The van der Waals surface area contributed by atoms with E-state index in [9.17, 15) is 18.0 Å². The quantitative estimate of drug-likeness (QED) is 0.775. The van der Waals surface area contributed by atoms with Crippen molar-refractivity contribution in [1.29, 1.82) is 0 Å². The third kappa shape index (κ3) is 3.40. The second-order valence-corrected chi connectivity index (χ2v) is 7.72. The van der Waals surface area contributed by atoms with E-state index in [-0.39, 0.29) is 22.8 Å². The average molecular weight is 369 g/mol. The molecule has 1 spiro atoms. The van der Waals surface area contributed by atoms with Gasteiger partial charge in [0.25, 0.3) is 5.91 Å². The fraction of sp³-hybridized carbons (Fsp3) is 0.467. The molecule has 0 aromatic heterocycles. The van der Waals surface area contributed by atoms with E-state index < -0.39 is 27.6 Å². The molecule has 3 N–H and O–H groups in total. The van der Waals surface area contributed by atoms with Crippen LogP contribution in [-0.2, 0) is 14.8 Å². The highest BCUT2D eigenvalue weighted by molar-refractivity contribution is 7.89. The van der Waals surface area contributed by atoms with Crippen LogP contribution in [0, 0.1) is 0 Å². The summed E-state index contributed by atoms with van der Waals surface area (Å²) in [4.78, 5) is 25.7. The predicted molar refractivity (Wildman–Crippen MR) is 86.7 cm³/mol. The summed E-state index contributed by atoms with van der Waals surface area (Å²) in [6, 6.07) is 3.88. The Hall–Kier alpha value is -2.33. The number of carbonyl (C=O) groups is 2. The lowest BCUT2D eigenvalue weighted by Crippen LogP contribution is -2.52. The van der Waals surface area contributed by atoms with Gasteiger partial charge in [-0.05, 0) is 31.0 Å². The van der Waals surface area contributed by atoms with Crippen molar-refractivity contribution in [2.45, 2.75) is 23.3 Å². The number of likely N-dealkylation sites (tertiary alicyclic amines) is 1. The summed E-state index contributed by atoms with van der Waals surface area (Å²) in [5.74, 6) is -0.150.